The van der Waals surface area contributed by atoms with E-state index in [1.807, 2.05) is 13.0 Å². The number of anilines is 2. The van der Waals surface area contributed by atoms with Gasteiger partial charge < -0.3 is 10.2 Å². The zero-order chi connectivity index (χ0) is 17.3. The first-order chi connectivity index (χ1) is 11.5. The molecular formula is C18H16Cl2N2O2. The first-order valence-electron chi connectivity index (χ1n) is 7.60. The van der Waals surface area contributed by atoms with Crippen molar-refractivity contribution in [3.05, 3.63) is 58.1 Å². The molecule has 2 amide bonds. The summed E-state index contributed by atoms with van der Waals surface area (Å²) in [4.78, 5) is 26.7. The second-order valence-electron chi connectivity index (χ2n) is 5.71. The highest BCUT2D eigenvalue weighted by Gasteiger charge is 2.38. The van der Waals surface area contributed by atoms with Crippen LogP contribution in [0.25, 0.3) is 0 Å². The Hall–Kier alpha value is -2.04. The molecule has 1 heterocycles. The average molecular weight is 363 g/mol. The van der Waals surface area contributed by atoms with Crippen LogP contribution in [0.15, 0.2) is 42.5 Å². The molecule has 1 atom stereocenters. The van der Waals surface area contributed by atoms with Gasteiger partial charge in [0.15, 0.2) is 0 Å². The Morgan fingerprint density at radius 1 is 1.21 bits per heavy atom. The van der Waals surface area contributed by atoms with Crippen LogP contribution in [0.1, 0.15) is 12.0 Å². The van der Waals surface area contributed by atoms with Gasteiger partial charge in [0.1, 0.15) is 5.92 Å². The summed E-state index contributed by atoms with van der Waals surface area (Å²) in [6.45, 7) is 2.36. The third-order valence-electron chi connectivity index (χ3n) is 4.14. The van der Waals surface area contributed by atoms with Crippen molar-refractivity contribution < 1.29 is 9.59 Å². The van der Waals surface area contributed by atoms with Crippen LogP contribution in [0, 0.1) is 12.8 Å². The standard InChI is InChI=1S/C18H16Cl2N2O2/c1-11-15(20)6-3-7-16(11)22-9-8-14(18(22)24)17(23)21-13-5-2-4-12(19)10-13/h2-7,10,14H,8-9H2,1H3,(H,21,23). The van der Waals surface area contributed by atoms with Crippen molar-refractivity contribution >= 4 is 46.4 Å². The number of hydrogen-bond acceptors (Lipinski definition) is 2. The molecule has 1 fully saturated rings. The molecule has 1 N–H and O–H groups in total. The van der Waals surface area contributed by atoms with Crippen LogP contribution in [0.4, 0.5) is 11.4 Å². The molecule has 4 nitrogen and oxygen atoms in total. The minimum atomic E-state index is -0.706. The Kier molecular flexibility index (Phi) is 4.78. The predicted molar refractivity (Wildman–Crippen MR) is 96.7 cm³/mol. The lowest BCUT2D eigenvalue weighted by molar-refractivity contribution is -0.129. The van der Waals surface area contributed by atoms with Crippen LogP contribution in [-0.2, 0) is 9.59 Å². The van der Waals surface area contributed by atoms with E-state index >= 15 is 0 Å². The first-order valence-corrected chi connectivity index (χ1v) is 8.36. The van der Waals surface area contributed by atoms with Crippen LogP contribution in [0.3, 0.4) is 0 Å². The molecule has 3 rings (SSSR count). The topological polar surface area (TPSA) is 49.4 Å². The minimum absolute atomic E-state index is 0.208. The molecule has 1 aliphatic heterocycles. The smallest absolute Gasteiger partial charge is 0.239 e. The number of nitrogens with one attached hydrogen (secondary N) is 1. The van der Waals surface area contributed by atoms with E-state index in [1.54, 1.807) is 41.3 Å². The molecule has 0 radical (unpaired) electrons. The van der Waals surface area contributed by atoms with E-state index in [1.165, 1.54) is 0 Å². The molecule has 2 aromatic carbocycles. The van der Waals surface area contributed by atoms with Crippen molar-refractivity contribution in [1.29, 1.82) is 0 Å². The fourth-order valence-electron chi connectivity index (χ4n) is 2.85. The molecule has 0 spiro atoms. The van der Waals surface area contributed by atoms with Gasteiger partial charge in [-0.2, -0.15) is 0 Å². The van der Waals surface area contributed by atoms with Gasteiger partial charge in [0.2, 0.25) is 11.8 Å². The largest absolute Gasteiger partial charge is 0.325 e. The molecule has 0 aromatic heterocycles. The molecule has 2 aromatic rings. The second kappa shape index (κ2) is 6.83. The van der Waals surface area contributed by atoms with E-state index in [9.17, 15) is 9.59 Å². The number of rotatable bonds is 3. The Bertz CT molecular complexity index is 807. The van der Waals surface area contributed by atoms with E-state index < -0.39 is 5.92 Å². The molecule has 0 aliphatic carbocycles. The van der Waals surface area contributed by atoms with Gasteiger partial charge >= 0.3 is 0 Å². The maximum Gasteiger partial charge on any atom is 0.239 e. The van der Waals surface area contributed by atoms with Crippen LogP contribution >= 0.6 is 23.2 Å². The molecule has 6 heteroatoms. The first kappa shape index (κ1) is 16.8. The van der Waals surface area contributed by atoms with Crippen molar-refractivity contribution in [2.45, 2.75) is 13.3 Å². The second-order valence-corrected chi connectivity index (χ2v) is 6.56. The summed E-state index contributed by atoms with van der Waals surface area (Å²) in [5.41, 5.74) is 2.17. The van der Waals surface area contributed by atoms with Gasteiger partial charge in [0.05, 0.1) is 0 Å². The molecular weight excluding hydrogens is 347 g/mol. The molecule has 24 heavy (non-hydrogen) atoms. The summed E-state index contributed by atoms with van der Waals surface area (Å²) in [6, 6.07) is 12.3. The predicted octanol–water partition coefficient (Wildman–Crippen LogP) is 4.29. The van der Waals surface area contributed by atoms with Crippen molar-refractivity contribution in [2.24, 2.45) is 5.92 Å². The van der Waals surface area contributed by atoms with Crippen molar-refractivity contribution in [1.82, 2.24) is 0 Å². The van der Waals surface area contributed by atoms with Gasteiger partial charge in [-0.3, -0.25) is 9.59 Å². The summed E-state index contributed by atoms with van der Waals surface area (Å²) in [7, 11) is 0. The van der Waals surface area contributed by atoms with Crippen molar-refractivity contribution in [2.75, 3.05) is 16.8 Å². The van der Waals surface area contributed by atoms with E-state index in [-0.39, 0.29) is 11.8 Å². The van der Waals surface area contributed by atoms with Crippen LogP contribution in [0.5, 0.6) is 0 Å². The van der Waals surface area contributed by atoms with Crippen LogP contribution in [0.2, 0.25) is 10.0 Å². The Morgan fingerprint density at radius 2 is 1.96 bits per heavy atom. The molecule has 124 valence electrons. The van der Waals surface area contributed by atoms with Crippen LogP contribution in [-0.4, -0.2) is 18.4 Å². The summed E-state index contributed by atoms with van der Waals surface area (Å²) in [6.07, 6.45) is 0.469. The molecule has 0 bridgehead atoms. The van der Waals surface area contributed by atoms with Crippen molar-refractivity contribution in [3.63, 3.8) is 0 Å². The van der Waals surface area contributed by atoms with Gasteiger partial charge in [-0.15, -0.1) is 0 Å². The molecule has 1 unspecified atom stereocenters. The number of nitrogens with zero attached hydrogens (tertiary/aromatic N) is 1. The third kappa shape index (κ3) is 3.25. The number of benzene rings is 2. The lowest BCUT2D eigenvalue weighted by Crippen LogP contribution is -2.33. The fraction of sp³-hybridized carbons (Fsp3) is 0.222. The molecule has 0 saturated carbocycles. The maximum atomic E-state index is 12.7. The monoisotopic (exact) mass is 362 g/mol. The zero-order valence-corrected chi connectivity index (χ0v) is 14.6. The summed E-state index contributed by atoms with van der Waals surface area (Å²) in [5.74, 6) is -1.23. The Balaban J connectivity index is 1.76. The molecule has 1 aliphatic rings. The van der Waals surface area contributed by atoms with Crippen LogP contribution < -0.4 is 10.2 Å². The van der Waals surface area contributed by atoms with Gasteiger partial charge in [-0.05, 0) is 49.2 Å². The van der Waals surface area contributed by atoms with Gasteiger partial charge in [-0.25, -0.2) is 0 Å². The average Bonchev–Trinajstić information content (AvgIpc) is 2.92. The normalized spacial score (nSPS) is 17.2. The number of carbonyl (C=O) groups is 2. The fourth-order valence-corrected chi connectivity index (χ4v) is 3.21. The van der Waals surface area contributed by atoms with E-state index in [2.05, 4.69) is 5.32 Å². The zero-order valence-electron chi connectivity index (χ0n) is 13.1. The summed E-state index contributed by atoms with van der Waals surface area (Å²) < 4.78 is 0. The van der Waals surface area contributed by atoms with Gasteiger partial charge in [0, 0.05) is 28.0 Å². The van der Waals surface area contributed by atoms with E-state index in [0.717, 1.165) is 11.3 Å². The van der Waals surface area contributed by atoms with Gasteiger partial charge in [-0.1, -0.05) is 35.3 Å². The minimum Gasteiger partial charge on any atom is -0.325 e. The summed E-state index contributed by atoms with van der Waals surface area (Å²) >= 11 is 12.0. The number of amides is 2. The highest BCUT2D eigenvalue weighted by molar-refractivity contribution is 6.32. The van der Waals surface area contributed by atoms with E-state index in [0.29, 0.717) is 28.7 Å². The Morgan fingerprint density at radius 3 is 2.71 bits per heavy atom. The summed E-state index contributed by atoms with van der Waals surface area (Å²) in [5, 5.41) is 3.89. The highest BCUT2D eigenvalue weighted by atomic mass is 35.5. The quantitative estimate of drug-likeness (QED) is 0.827. The lowest BCUT2D eigenvalue weighted by atomic mass is 10.1. The third-order valence-corrected chi connectivity index (χ3v) is 4.79. The Labute approximate surface area is 150 Å². The van der Waals surface area contributed by atoms with Crippen molar-refractivity contribution in [3.8, 4) is 0 Å². The molecule has 1 saturated heterocycles. The maximum absolute atomic E-state index is 12.7. The highest BCUT2D eigenvalue weighted by Crippen LogP contribution is 2.32. The number of carbonyl (C=O) groups excluding carboxylic acids is 2. The number of hydrogen-bond donors (Lipinski definition) is 1. The van der Waals surface area contributed by atoms with Gasteiger partial charge in [0.25, 0.3) is 0 Å². The lowest BCUT2D eigenvalue weighted by Gasteiger charge is -2.19. The SMILES string of the molecule is Cc1c(Cl)cccc1N1CCC(C(=O)Nc2cccc(Cl)c2)C1=O. The van der Waals surface area contributed by atoms with E-state index in [4.69, 9.17) is 23.2 Å². The number of halogens is 2.